The van der Waals surface area contributed by atoms with Gasteiger partial charge in [0, 0.05) is 6.07 Å². The zero-order valence-electron chi connectivity index (χ0n) is 11.4. The van der Waals surface area contributed by atoms with Gasteiger partial charge in [-0.05, 0) is 24.3 Å². The molecule has 0 bridgehead atoms. The second-order valence-electron chi connectivity index (χ2n) is 4.44. The second-order valence-corrected chi connectivity index (χ2v) is 6.32. The lowest BCUT2D eigenvalue weighted by Gasteiger charge is -2.00. The molecule has 0 unspecified atom stereocenters. The number of hydrogen-bond donors (Lipinski definition) is 1. The van der Waals surface area contributed by atoms with E-state index in [1.54, 1.807) is 0 Å². The van der Waals surface area contributed by atoms with Crippen LogP contribution in [0.2, 0.25) is 0 Å². The molecule has 1 aromatic carbocycles. The van der Waals surface area contributed by atoms with Crippen LogP contribution in [0.3, 0.4) is 0 Å². The summed E-state index contributed by atoms with van der Waals surface area (Å²) in [7, 11) is -4.10. The molecule has 0 saturated heterocycles. The van der Waals surface area contributed by atoms with Crippen LogP contribution in [0.25, 0.3) is 0 Å². The van der Waals surface area contributed by atoms with Crippen LogP contribution in [-0.4, -0.2) is 31.1 Å². The molecule has 1 heterocycles. The number of furan rings is 1. The third kappa shape index (κ3) is 3.51. The molecule has 2 aromatic rings. The van der Waals surface area contributed by atoms with Crippen LogP contribution in [0, 0.1) is 5.82 Å². The van der Waals surface area contributed by atoms with Gasteiger partial charge in [0.15, 0.2) is 5.78 Å². The van der Waals surface area contributed by atoms with Gasteiger partial charge in [-0.1, -0.05) is 0 Å². The fourth-order valence-corrected chi connectivity index (χ4v) is 2.84. The number of carboxylic acid groups (broad SMARTS) is 1. The molecule has 0 aliphatic heterocycles. The van der Waals surface area contributed by atoms with Gasteiger partial charge in [-0.2, -0.15) is 0 Å². The third-order valence-corrected chi connectivity index (χ3v) is 4.48. The minimum absolute atomic E-state index is 0.242. The summed E-state index contributed by atoms with van der Waals surface area (Å²) in [6, 6.07) is 4.85. The molecular weight excluding hydrogens is 331 g/mol. The largest absolute Gasteiger partial charge is 0.475 e. The number of carbonyl (C=O) groups is 3. The fraction of sp³-hybridized carbons (Fsp3) is 0.0714. The van der Waals surface area contributed by atoms with Gasteiger partial charge in [-0.3, -0.25) is 9.59 Å². The van der Waals surface area contributed by atoms with Gasteiger partial charge in [0.1, 0.15) is 12.1 Å². The van der Waals surface area contributed by atoms with E-state index in [9.17, 15) is 27.2 Å². The summed E-state index contributed by atoms with van der Waals surface area (Å²) in [6.45, 7) is 0. The Labute approximate surface area is 129 Å². The maximum Gasteiger partial charge on any atom is 0.372 e. The number of hydrogen-bond acceptors (Lipinski definition) is 6. The molecule has 9 heteroatoms. The Kier molecular flexibility index (Phi) is 4.41. The van der Waals surface area contributed by atoms with Crippen molar-refractivity contribution >= 4 is 27.4 Å². The average Bonchev–Trinajstić information content (AvgIpc) is 2.98. The summed E-state index contributed by atoms with van der Waals surface area (Å²) in [6.07, 6.45) is -0.0984. The first-order valence-electron chi connectivity index (χ1n) is 6.10. The predicted molar refractivity (Wildman–Crippen MR) is 72.2 cm³/mol. The Morgan fingerprint density at radius 1 is 1.13 bits per heavy atom. The fourth-order valence-electron chi connectivity index (χ4n) is 1.66. The van der Waals surface area contributed by atoms with E-state index in [0.717, 1.165) is 36.6 Å². The minimum Gasteiger partial charge on any atom is -0.475 e. The molecule has 0 spiro atoms. The molecule has 0 fully saturated rings. The van der Waals surface area contributed by atoms with E-state index in [1.165, 1.54) is 0 Å². The summed E-state index contributed by atoms with van der Waals surface area (Å²) in [5.41, 5.74) is -0.250. The van der Waals surface area contributed by atoms with Crippen molar-refractivity contribution in [3.63, 3.8) is 0 Å². The van der Waals surface area contributed by atoms with E-state index in [4.69, 9.17) is 9.52 Å². The second kappa shape index (κ2) is 6.13. The molecular formula is C14H9FO7S. The predicted octanol–water partition coefficient (Wildman–Crippen LogP) is 1.48. The molecule has 120 valence electrons. The van der Waals surface area contributed by atoms with Gasteiger partial charge in [-0.15, -0.1) is 0 Å². The summed E-state index contributed by atoms with van der Waals surface area (Å²) in [5, 5.41) is 7.86. The van der Waals surface area contributed by atoms with Gasteiger partial charge in [0.25, 0.3) is 0 Å². The van der Waals surface area contributed by atoms with Crippen molar-refractivity contribution in [1.29, 1.82) is 0 Å². The van der Waals surface area contributed by atoms with E-state index in [-0.39, 0.29) is 10.5 Å². The van der Waals surface area contributed by atoms with E-state index in [2.05, 4.69) is 0 Å². The lowest BCUT2D eigenvalue weighted by atomic mass is 10.1. The normalized spacial score (nSPS) is 11.2. The zero-order chi connectivity index (χ0) is 17.2. The first-order valence-corrected chi connectivity index (χ1v) is 7.58. The number of ketones is 2. The monoisotopic (exact) mass is 340 g/mol. The SMILES string of the molecule is O=C(O)C(=O)CC(=O)c1coc(S(=O)(=O)c2ccc(F)cc2)c1. The quantitative estimate of drug-likeness (QED) is 0.366. The van der Waals surface area contributed by atoms with Crippen LogP contribution in [-0.2, 0) is 19.4 Å². The Hall–Kier alpha value is -2.81. The summed E-state index contributed by atoms with van der Waals surface area (Å²) < 4.78 is 42.1. The maximum atomic E-state index is 12.8. The van der Waals surface area contributed by atoms with Crippen molar-refractivity contribution in [3.8, 4) is 0 Å². The maximum absolute atomic E-state index is 12.8. The number of carboxylic acids is 1. The summed E-state index contributed by atoms with van der Waals surface area (Å²) in [5.74, 6) is -4.59. The lowest BCUT2D eigenvalue weighted by Crippen LogP contribution is -2.16. The number of benzene rings is 1. The van der Waals surface area contributed by atoms with E-state index >= 15 is 0 Å². The molecule has 0 atom stereocenters. The molecule has 2 rings (SSSR count). The molecule has 7 nitrogen and oxygen atoms in total. The van der Waals surface area contributed by atoms with Crippen molar-refractivity contribution < 1.29 is 36.7 Å². The zero-order valence-corrected chi connectivity index (χ0v) is 12.2. The molecule has 0 aliphatic carbocycles. The van der Waals surface area contributed by atoms with E-state index in [0.29, 0.717) is 0 Å². The van der Waals surface area contributed by atoms with Crippen molar-refractivity contribution in [2.45, 2.75) is 16.4 Å². The molecule has 0 amide bonds. The van der Waals surface area contributed by atoms with Crippen molar-refractivity contribution in [2.75, 3.05) is 0 Å². The highest BCUT2D eigenvalue weighted by Crippen LogP contribution is 2.23. The van der Waals surface area contributed by atoms with Crippen LogP contribution in [0.4, 0.5) is 4.39 Å². The van der Waals surface area contributed by atoms with Crippen LogP contribution in [0.1, 0.15) is 16.8 Å². The number of sulfone groups is 1. The third-order valence-electron chi connectivity index (χ3n) is 2.85. The van der Waals surface area contributed by atoms with Crippen LogP contribution in [0.5, 0.6) is 0 Å². The Balaban J connectivity index is 2.28. The average molecular weight is 340 g/mol. The number of rotatable bonds is 6. The topological polar surface area (TPSA) is 119 Å². The summed E-state index contributed by atoms with van der Waals surface area (Å²) in [4.78, 5) is 32.8. The van der Waals surface area contributed by atoms with E-state index < -0.39 is 44.7 Å². The van der Waals surface area contributed by atoms with Crippen LogP contribution >= 0.6 is 0 Å². The van der Waals surface area contributed by atoms with Gasteiger partial charge in [0.05, 0.1) is 16.9 Å². The number of halogens is 1. The van der Waals surface area contributed by atoms with Crippen LogP contribution in [0.15, 0.2) is 51.0 Å². The minimum atomic E-state index is -4.10. The van der Waals surface area contributed by atoms with E-state index in [1.807, 2.05) is 0 Å². The number of Topliss-reactive ketones (excluding diaryl/α,β-unsaturated/α-hetero) is 2. The first-order chi connectivity index (χ1) is 10.7. The molecule has 0 saturated carbocycles. The van der Waals surface area contributed by atoms with Crippen LogP contribution < -0.4 is 0 Å². The lowest BCUT2D eigenvalue weighted by molar-refractivity contribution is -0.148. The number of carbonyl (C=O) groups excluding carboxylic acids is 2. The molecule has 0 radical (unpaired) electrons. The van der Waals surface area contributed by atoms with Gasteiger partial charge < -0.3 is 9.52 Å². The Morgan fingerprint density at radius 3 is 2.30 bits per heavy atom. The smallest absolute Gasteiger partial charge is 0.372 e. The molecule has 1 N–H and O–H groups in total. The highest BCUT2D eigenvalue weighted by Gasteiger charge is 2.25. The van der Waals surface area contributed by atoms with Gasteiger partial charge in [0.2, 0.25) is 20.7 Å². The van der Waals surface area contributed by atoms with Crippen molar-refractivity contribution in [3.05, 3.63) is 48.0 Å². The standard InChI is InChI=1S/C14H9FO7S/c15-9-1-3-10(4-2-9)23(20,21)13-5-8(7-22-13)11(16)6-12(17)14(18)19/h1-5,7H,6H2,(H,18,19). The molecule has 0 aliphatic rings. The van der Waals surface area contributed by atoms with Gasteiger partial charge >= 0.3 is 5.97 Å². The van der Waals surface area contributed by atoms with Crippen molar-refractivity contribution in [1.82, 2.24) is 0 Å². The van der Waals surface area contributed by atoms with Crippen molar-refractivity contribution in [2.24, 2.45) is 0 Å². The molecule has 1 aromatic heterocycles. The highest BCUT2D eigenvalue weighted by molar-refractivity contribution is 7.91. The Morgan fingerprint density at radius 2 is 1.74 bits per heavy atom. The summed E-state index contributed by atoms with van der Waals surface area (Å²) >= 11 is 0. The highest BCUT2D eigenvalue weighted by atomic mass is 32.2. The first kappa shape index (κ1) is 16.6. The number of aliphatic carboxylic acids is 1. The molecule has 23 heavy (non-hydrogen) atoms. The Bertz CT molecular complexity index is 878. The van der Waals surface area contributed by atoms with Gasteiger partial charge in [-0.25, -0.2) is 17.6 Å².